The number of fused-ring (bicyclic) bond motifs is 1. The summed E-state index contributed by atoms with van der Waals surface area (Å²) in [5, 5.41) is 12.2. The Morgan fingerprint density at radius 3 is 2.93 bits per heavy atom. The van der Waals surface area contributed by atoms with Gasteiger partial charge in [0.15, 0.2) is 23.8 Å². The van der Waals surface area contributed by atoms with E-state index in [-0.39, 0.29) is 12.5 Å². The molecule has 2 aromatic heterocycles. The van der Waals surface area contributed by atoms with E-state index in [1.165, 1.54) is 0 Å². The molecule has 1 aliphatic rings. The molecule has 29 heavy (non-hydrogen) atoms. The molecular weight excluding hydrogens is 370 g/mol. The molecule has 0 spiro atoms. The standard InChI is InChI=1S/C21H25N5O3/c1-28-17-6-2-3-7-18(17)29-14-19(27)23-11-12-26-21-16(5-4-9-24-21)20(25-26)15-8-10-22-13-15/h2-7,9,15,22H,8,10-14H2,1H3,(H,23,27). The maximum atomic E-state index is 12.2. The van der Waals surface area contributed by atoms with E-state index in [1.54, 1.807) is 25.4 Å². The minimum Gasteiger partial charge on any atom is -0.493 e. The first-order valence-corrected chi connectivity index (χ1v) is 9.81. The van der Waals surface area contributed by atoms with E-state index in [0.717, 1.165) is 36.2 Å². The predicted octanol–water partition coefficient (Wildman–Crippen LogP) is 1.71. The molecule has 8 heteroatoms. The van der Waals surface area contributed by atoms with Crippen molar-refractivity contribution in [2.75, 3.05) is 33.4 Å². The highest BCUT2D eigenvalue weighted by Gasteiger charge is 2.23. The third-order valence-electron chi connectivity index (χ3n) is 5.06. The number of methoxy groups -OCH3 is 1. The zero-order valence-electron chi connectivity index (χ0n) is 16.4. The number of nitrogens with one attached hydrogen (secondary N) is 2. The number of rotatable bonds is 8. The highest BCUT2D eigenvalue weighted by molar-refractivity contribution is 5.79. The third-order valence-corrected chi connectivity index (χ3v) is 5.06. The molecule has 1 aliphatic heterocycles. The Morgan fingerprint density at radius 2 is 2.14 bits per heavy atom. The Bertz CT molecular complexity index is 981. The van der Waals surface area contributed by atoms with Crippen molar-refractivity contribution in [1.29, 1.82) is 0 Å². The zero-order chi connectivity index (χ0) is 20.1. The van der Waals surface area contributed by atoms with E-state index in [1.807, 2.05) is 22.9 Å². The van der Waals surface area contributed by atoms with Crippen LogP contribution >= 0.6 is 0 Å². The van der Waals surface area contributed by atoms with Gasteiger partial charge in [0.1, 0.15) is 0 Å². The van der Waals surface area contributed by atoms with E-state index in [2.05, 4.69) is 21.7 Å². The summed E-state index contributed by atoms with van der Waals surface area (Å²) in [5.74, 6) is 1.36. The van der Waals surface area contributed by atoms with Gasteiger partial charge in [-0.3, -0.25) is 4.79 Å². The van der Waals surface area contributed by atoms with Crippen molar-refractivity contribution in [1.82, 2.24) is 25.4 Å². The summed E-state index contributed by atoms with van der Waals surface area (Å²) in [6, 6.07) is 11.3. The Hall–Kier alpha value is -3.13. The fourth-order valence-corrected chi connectivity index (χ4v) is 3.61. The lowest BCUT2D eigenvalue weighted by Crippen LogP contribution is -2.31. The van der Waals surface area contributed by atoms with Crippen LogP contribution < -0.4 is 20.1 Å². The monoisotopic (exact) mass is 395 g/mol. The van der Waals surface area contributed by atoms with Crippen molar-refractivity contribution >= 4 is 16.9 Å². The Morgan fingerprint density at radius 1 is 1.28 bits per heavy atom. The summed E-state index contributed by atoms with van der Waals surface area (Å²) < 4.78 is 12.7. The molecule has 1 atom stereocenters. The smallest absolute Gasteiger partial charge is 0.258 e. The molecule has 3 heterocycles. The van der Waals surface area contributed by atoms with Gasteiger partial charge in [-0.1, -0.05) is 12.1 Å². The van der Waals surface area contributed by atoms with Crippen molar-refractivity contribution in [3.63, 3.8) is 0 Å². The summed E-state index contributed by atoms with van der Waals surface area (Å²) in [6.07, 6.45) is 2.86. The van der Waals surface area contributed by atoms with Crippen LogP contribution in [0.15, 0.2) is 42.6 Å². The molecule has 1 unspecified atom stereocenters. The summed E-state index contributed by atoms with van der Waals surface area (Å²) >= 11 is 0. The maximum Gasteiger partial charge on any atom is 0.258 e. The first kappa shape index (κ1) is 19.2. The number of benzene rings is 1. The Balaban J connectivity index is 1.34. The van der Waals surface area contributed by atoms with Gasteiger partial charge in [-0.25, -0.2) is 9.67 Å². The van der Waals surface area contributed by atoms with Gasteiger partial charge in [-0.05, 0) is 37.2 Å². The number of carbonyl (C=O) groups is 1. The number of hydrogen-bond acceptors (Lipinski definition) is 6. The van der Waals surface area contributed by atoms with Crippen molar-refractivity contribution in [2.24, 2.45) is 0 Å². The fraction of sp³-hybridized carbons (Fsp3) is 0.381. The van der Waals surface area contributed by atoms with Crippen molar-refractivity contribution in [3.8, 4) is 11.5 Å². The Labute approximate surface area is 169 Å². The largest absolute Gasteiger partial charge is 0.493 e. The lowest BCUT2D eigenvalue weighted by Gasteiger charge is -2.10. The number of amides is 1. The number of hydrogen-bond donors (Lipinski definition) is 2. The maximum absolute atomic E-state index is 12.2. The van der Waals surface area contributed by atoms with Gasteiger partial charge >= 0.3 is 0 Å². The van der Waals surface area contributed by atoms with Gasteiger partial charge in [0.05, 0.1) is 19.3 Å². The fourth-order valence-electron chi connectivity index (χ4n) is 3.61. The number of nitrogens with zero attached hydrogens (tertiary/aromatic N) is 3. The molecule has 152 valence electrons. The molecule has 0 radical (unpaired) electrons. The molecule has 8 nitrogen and oxygen atoms in total. The van der Waals surface area contributed by atoms with Gasteiger partial charge in [0, 0.05) is 30.6 Å². The summed E-state index contributed by atoms with van der Waals surface area (Å²) in [4.78, 5) is 16.6. The number of pyridine rings is 1. The van der Waals surface area contributed by atoms with Crippen LogP contribution in [-0.4, -0.2) is 54.0 Å². The van der Waals surface area contributed by atoms with Crippen LogP contribution in [0.1, 0.15) is 18.0 Å². The van der Waals surface area contributed by atoms with Crippen LogP contribution in [0.4, 0.5) is 0 Å². The SMILES string of the molecule is COc1ccccc1OCC(=O)NCCn1nc(C2CCNC2)c2cccnc21. The van der Waals surface area contributed by atoms with Crippen LogP contribution in [0.3, 0.4) is 0 Å². The van der Waals surface area contributed by atoms with Gasteiger partial charge in [-0.2, -0.15) is 5.10 Å². The molecule has 3 aromatic rings. The quantitative estimate of drug-likeness (QED) is 0.604. The molecule has 2 N–H and O–H groups in total. The van der Waals surface area contributed by atoms with E-state index >= 15 is 0 Å². The summed E-state index contributed by atoms with van der Waals surface area (Å²) in [5.41, 5.74) is 1.94. The van der Waals surface area contributed by atoms with Crippen LogP contribution in [0.2, 0.25) is 0 Å². The minimum atomic E-state index is -0.194. The normalized spacial score (nSPS) is 16.1. The topological polar surface area (TPSA) is 90.3 Å². The van der Waals surface area contributed by atoms with Crippen molar-refractivity contribution < 1.29 is 14.3 Å². The van der Waals surface area contributed by atoms with Gasteiger partial charge in [0.25, 0.3) is 5.91 Å². The molecular formula is C21H25N5O3. The summed E-state index contributed by atoms with van der Waals surface area (Å²) in [7, 11) is 1.57. The average molecular weight is 395 g/mol. The van der Waals surface area contributed by atoms with Crippen LogP contribution in [0, 0.1) is 0 Å². The molecule has 1 amide bonds. The lowest BCUT2D eigenvalue weighted by molar-refractivity contribution is -0.123. The van der Waals surface area contributed by atoms with E-state index in [9.17, 15) is 4.79 Å². The second-order valence-electron chi connectivity index (χ2n) is 6.96. The van der Waals surface area contributed by atoms with Crippen molar-refractivity contribution in [2.45, 2.75) is 18.9 Å². The second kappa shape index (κ2) is 8.91. The molecule has 1 aromatic carbocycles. The van der Waals surface area contributed by atoms with E-state index in [4.69, 9.17) is 14.6 Å². The zero-order valence-corrected chi connectivity index (χ0v) is 16.4. The molecule has 1 fully saturated rings. The Kier molecular flexibility index (Phi) is 5.90. The van der Waals surface area contributed by atoms with Gasteiger partial charge in [-0.15, -0.1) is 0 Å². The predicted molar refractivity (Wildman–Crippen MR) is 109 cm³/mol. The number of aromatic nitrogens is 3. The third kappa shape index (κ3) is 4.32. The average Bonchev–Trinajstić information content (AvgIpc) is 3.41. The highest BCUT2D eigenvalue weighted by atomic mass is 16.5. The summed E-state index contributed by atoms with van der Waals surface area (Å²) in [6.45, 7) is 2.88. The van der Waals surface area contributed by atoms with Crippen LogP contribution in [0.25, 0.3) is 11.0 Å². The van der Waals surface area contributed by atoms with Gasteiger partial charge in [0.2, 0.25) is 0 Å². The molecule has 0 saturated carbocycles. The minimum absolute atomic E-state index is 0.0720. The molecule has 1 saturated heterocycles. The van der Waals surface area contributed by atoms with Crippen LogP contribution in [-0.2, 0) is 11.3 Å². The highest BCUT2D eigenvalue weighted by Crippen LogP contribution is 2.28. The van der Waals surface area contributed by atoms with Gasteiger partial charge < -0.3 is 20.1 Å². The number of carbonyl (C=O) groups excluding carboxylic acids is 1. The van der Waals surface area contributed by atoms with Crippen LogP contribution in [0.5, 0.6) is 11.5 Å². The molecule has 4 rings (SSSR count). The molecule has 0 aliphatic carbocycles. The number of para-hydroxylation sites is 2. The number of ether oxygens (including phenoxy) is 2. The van der Waals surface area contributed by atoms with Crippen molar-refractivity contribution in [3.05, 3.63) is 48.3 Å². The first-order valence-electron chi connectivity index (χ1n) is 9.81. The molecule has 0 bridgehead atoms. The second-order valence-corrected chi connectivity index (χ2v) is 6.96. The lowest BCUT2D eigenvalue weighted by atomic mass is 10.0. The first-order chi connectivity index (χ1) is 14.3. The van der Waals surface area contributed by atoms with E-state index in [0.29, 0.717) is 30.5 Å². The van der Waals surface area contributed by atoms with E-state index < -0.39 is 0 Å².